The van der Waals surface area contributed by atoms with Crippen LogP contribution in [0.1, 0.15) is 51.0 Å². The molecule has 2 aliphatic rings. The van der Waals surface area contributed by atoms with Gasteiger partial charge in [-0.2, -0.15) is 11.3 Å². The first kappa shape index (κ1) is 13.6. The van der Waals surface area contributed by atoms with Crippen molar-refractivity contribution >= 4 is 11.3 Å². The van der Waals surface area contributed by atoms with Crippen LogP contribution in [0.5, 0.6) is 0 Å². The zero-order chi connectivity index (χ0) is 13.1. The van der Waals surface area contributed by atoms with Gasteiger partial charge < -0.3 is 5.32 Å². The van der Waals surface area contributed by atoms with Gasteiger partial charge in [-0.1, -0.05) is 13.3 Å². The molecule has 3 unspecified atom stereocenters. The molecule has 2 saturated carbocycles. The van der Waals surface area contributed by atoms with E-state index < -0.39 is 0 Å². The van der Waals surface area contributed by atoms with Gasteiger partial charge in [-0.3, -0.25) is 0 Å². The molecule has 19 heavy (non-hydrogen) atoms. The lowest BCUT2D eigenvalue weighted by Gasteiger charge is -2.35. The molecule has 2 heteroatoms. The smallest absolute Gasteiger partial charge is 0.00683 e. The van der Waals surface area contributed by atoms with E-state index in [1.807, 2.05) is 11.3 Å². The number of nitrogens with one attached hydrogen (secondary N) is 1. The highest BCUT2D eigenvalue weighted by Gasteiger charge is 2.30. The lowest BCUT2D eigenvalue weighted by molar-refractivity contribution is 0.174. The molecule has 1 N–H and O–H groups in total. The Morgan fingerprint density at radius 3 is 2.84 bits per heavy atom. The van der Waals surface area contributed by atoms with Gasteiger partial charge in [-0.05, 0) is 85.2 Å². The summed E-state index contributed by atoms with van der Waals surface area (Å²) >= 11 is 1.84. The second kappa shape index (κ2) is 6.41. The maximum Gasteiger partial charge on any atom is 0.00683 e. The minimum Gasteiger partial charge on any atom is -0.314 e. The molecular weight excluding hydrogens is 250 g/mol. The Balaban J connectivity index is 1.50. The SMILES string of the molecule is CC1CCC(CNC2CC2)C(CCc2ccsc2)C1. The summed E-state index contributed by atoms with van der Waals surface area (Å²) in [5.74, 6) is 2.84. The van der Waals surface area contributed by atoms with Crippen molar-refractivity contribution in [1.82, 2.24) is 5.32 Å². The first-order valence-corrected chi connectivity index (χ1v) is 9.00. The minimum atomic E-state index is 0.872. The zero-order valence-corrected chi connectivity index (χ0v) is 12.9. The van der Waals surface area contributed by atoms with E-state index in [1.54, 1.807) is 5.56 Å². The molecule has 0 bridgehead atoms. The second-order valence-corrected chi connectivity index (χ2v) is 7.57. The van der Waals surface area contributed by atoms with Crippen LogP contribution in [0, 0.1) is 17.8 Å². The van der Waals surface area contributed by atoms with Gasteiger partial charge in [-0.25, -0.2) is 0 Å². The summed E-state index contributed by atoms with van der Waals surface area (Å²) in [6.07, 6.45) is 9.90. The van der Waals surface area contributed by atoms with E-state index in [9.17, 15) is 0 Å². The Hall–Kier alpha value is -0.340. The molecule has 3 rings (SSSR count). The summed E-state index contributed by atoms with van der Waals surface area (Å²) in [5, 5.41) is 8.30. The zero-order valence-electron chi connectivity index (χ0n) is 12.1. The maximum atomic E-state index is 3.77. The van der Waals surface area contributed by atoms with Gasteiger partial charge in [0, 0.05) is 6.04 Å². The maximum absolute atomic E-state index is 3.77. The van der Waals surface area contributed by atoms with Gasteiger partial charge in [0.1, 0.15) is 0 Å². The van der Waals surface area contributed by atoms with Crippen LogP contribution >= 0.6 is 11.3 Å². The number of aryl methyl sites for hydroxylation is 1. The predicted molar refractivity (Wildman–Crippen MR) is 83.7 cm³/mol. The van der Waals surface area contributed by atoms with E-state index >= 15 is 0 Å². The fourth-order valence-corrected chi connectivity index (χ4v) is 4.28. The number of rotatable bonds is 6. The molecule has 0 saturated heterocycles. The molecular formula is C17H27NS. The van der Waals surface area contributed by atoms with Gasteiger partial charge >= 0.3 is 0 Å². The van der Waals surface area contributed by atoms with Crippen molar-refractivity contribution in [2.45, 2.75) is 57.9 Å². The van der Waals surface area contributed by atoms with Crippen LogP contribution in [0.2, 0.25) is 0 Å². The Kier molecular flexibility index (Phi) is 4.60. The summed E-state index contributed by atoms with van der Waals surface area (Å²) in [4.78, 5) is 0. The standard InChI is InChI=1S/C17H27NS/c1-13-2-4-16(11-18-17-6-7-17)15(10-13)5-3-14-8-9-19-12-14/h8-9,12-13,15-18H,2-7,10-11H2,1H3. The molecule has 0 amide bonds. The lowest BCUT2D eigenvalue weighted by atomic mass is 9.72. The van der Waals surface area contributed by atoms with Crippen LogP contribution < -0.4 is 5.32 Å². The van der Waals surface area contributed by atoms with E-state index in [-0.39, 0.29) is 0 Å². The highest BCUT2D eigenvalue weighted by atomic mass is 32.1. The van der Waals surface area contributed by atoms with Gasteiger partial charge in [0.15, 0.2) is 0 Å². The van der Waals surface area contributed by atoms with Crippen molar-refractivity contribution in [3.8, 4) is 0 Å². The van der Waals surface area contributed by atoms with Crippen molar-refractivity contribution in [2.75, 3.05) is 6.54 Å². The van der Waals surface area contributed by atoms with Crippen molar-refractivity contribution < 1.29 is 0 Å². The summed E-state index contributed by atoms with van der Waals surface area (Å²) in [5.41, 5.74) is 1.55. The fraction of sp³-hybridized carbons (Fsp3) is 0.765. The normalized spacial score (nSPS) is 31.5. The molecule has 2 aliphatic carbocycles. The average molecular weight is 277 g/mol. The molecule has 3 atom stereocenters. The van der Waals surface area contributed by atoms with Crippen LogP contribution in [0.25, 0.3) is 0 Å². The molecule has 0 radical (unpaired) electrons. The average Bonchev–Trinajstić information content (AvgIpc) is 3.09. The topological polar surface area (TPSA) is 12.0 Å². The molecule has 1 nitrogen and oxygen atoms in total. The van der Waals surface area contributed by atoms with E-state index in [0.717, 1.165) is 23.8 Å². The summed E-state index contributed by atoms with van der Waals surface area (Å²) < 4.78 is 0. The van der Waals surface area contributed by atoms with Crippen LogP contribution in [0.3, 0.4) is 0 Å². The van der Waals surface area contributed by atoms with Crippen LogP contribution in [0.15, 0.2) is 16.8 Å². The minimum absolute atomic E-state index is 0.872. The molecule has 1 aromatic heterocycles. The molecule has 0 spiro atoms. The number of hydrogen-bond acceptors (Lipinski definition) is 2. The fourth-order valence-electron chi connectivity index (χ4n) is 3.58. The molecule has 2 fully saturated rings. The second-order valence-electron chi connectivity index (χ2n) is 6.79. The third-order valence-electron chi connectivity index (χ3n) is 5.03. The first-order valence-electron chi connectivity index (χ1n) is 8.05. The Bertz CT molecular complexity index is 369. The van der Waals surface area contributed by atoms with Crippen molar-refractivity contribution in [3.05, 3.63) is 22.4 Å². The Labute approximate surface area is 121 Å². The third-order valence-corrected chi connectivity index (χ3v) is 5.76. The quantitative estimate of drug-likeness (QED) is 0.808. The van der Waals surface area contributed by atoms with Gasteiger partial charge in [0.05, 0.1) is 0 Å². The number of thiophene rings is 1. The largest absolute Gasteiger partial charge is 0.314 e. The highest BCUT2D eigenvalue weighted by Crippen LogP contribution is 2.36. The van der Waals surface area contributed by atoms with Crippen LogP contribution in [0.4, 0.5) is 0 Å². The van der Waals surface area contributed by atoms with E-state index in [1.165, 1.54) is 51.5 Å². The summed E-state index contributed by atoms with van der Waals surface area (Å²) in [7, 11) is 0. The van der Waals surface area contributed by atoms with Crippen LogP contribution in [-0.2, 0) is 6.42 Å². The highest BCUT2D eigenvalue weighted by molar-refractivity contribution is 7.07. The predicted octanol–water partition coefficient (Wildman–Crippen LogP) is 4.49. The van der Waals surface area contributed by atoms with Gasteiger partial charge in [-0.15, -0.1) is 0 Å². The monoisotopic (exact) mass is 277 g/mol. The Morgan fingerprint density at radius 2 is 2.11 bits per heavy atom. The Morgan fingerprint density at radius 1 is 1.21 bits per heavy atom. The van der Waals surface area contributed by atoms with Crippen molar-refractivity contribution in [1.29, 1.82) is 0 Å². The van der Waals surface area contributed by atoms with E-state index in [2.05, 4.69) is 29.1 Å². The molecule has 106 valence electrons. The van der Waals surface area contributed by atoms with Crippen LogP contribution in [-0.4, -0.2) is 12.6 Å². The van der Waals surface area contributed by atoms with E-state index in [4.69, 9.17) is 0 Å². The van der Waals surface area contributed by atoms with Crippen molar-refractivity contribution in [2.24, 2.45) is 17.8 Å². The molecule has 1 aromatic rings. The molecule has 1 heterocycles. The summed E-state index contributed by atoms with van der Waals surface area (Å²) in [6, 6.07) is 3.17. The van der Waals surface area contributed by atoms with E-state index in [0.29, 0.717) is 0 Å². The number of hydrogen-bond donors (Lipinski definition) is 1. The third kappa shape index (κ3) is 4.06. The summed E-state index contributed by atoms with van der Waals surface area (Å²) in [6.45, 7) is 3.73. The molecule has 0 aliphatic heterocycles. The first-order chi connectivity index (χ1) is 9.31. The van der Waals surface area contributed by atoms with Gasteiger partial charge in [0.25, 0.3) is 0 Å². The van der Waals surface area contributed by atoms with Gasteiger partial charge in [0.2, 0.25) is 0 Å². The molecule has 0 aromatic carbocycles. The van der Waals surface area contributed by atoms with Crippen molar-refractivity contribution in [3.63, 3.8) is 0 Å². The lowest BCUT2D eigenvalue weighted by Crippen LogP contribution is -2.33.